The van der Waals surface area contributed by atoms with E-state index in [-0.39, 0.29) is 6.10 Å². The van der Waals surface area contributed by atoms with Gasteiger partial charge in [-0.1, -0.05) is 0 Å². The van der Waals surface area contributed by atoms with Crippen LogP contribution in [0.25, 0.3) is 0 Å². The Labute approximate surface area is 149 Å². The molecular weight excluding hydrogens is 322 g/mol. The van der Waals surface area contributed by atoms with Crippen LogP contribution in [0.15, 0.2) is 17.1 Å². The van der Waals surface area contributed by atoms with Gasteiger partial charge in [0.25, 0.3) is 0 Å². The molecule has 25 heavy (non-hydrogen) atoms. The van der Waals surface area contributed by atoms with Gasteiger partial charge in [-0.05, 0) is 19.3 Å². The number of benzene rings is 1. The zero-order valence-electron chi connectivity index (χ0n) is 15.6. The zero-order valence-corrected chi connectivity index (χ0v) is 15.6. The van der Waals surface area contributed by atoms with E-state index in [1.807, 2.05) is 12.1 Å². The summed E-state index contributed by atoms with van der Waals surface area (Å²) in [6.07, 6.45) is 3.25. The van der Waals surface area contributed by atoms with Gasteiger partial charge in [-0.15, -0.1) is 0 Å². The summed E-state index contributed by atoms with van der Waals surface area (Å²) in [5, 5.41) is 6.62. The van der Waals surface area contributed by atoms with Gasteiger partial charge in [0, 0.05) is 44.4 Å². The number of nitrogens with zero attached hydrogens (tertiary/aromatic N) is 1. The minimum atomic E-state index is 0.278. The van der Waals surface area contributed by atoms with E-state index in [0.717, 1.165) is 55.4 Å². The van der Waals surface area contributed by atoms with E-state index < -0.39 is 0 Å². The quantitative estimate of drug-likeness (QED) is 0.547. The van der Waals surface area contributed by atoms with Crippen LogP contribution in [0.2, 0.25) is 0 Å². The second kappa shape index (κ2) is 9.98. The van der Waals surface area contributed by atoms with Crippen LogP contribution in [0, 0.1) is 0 Å². The fraction of sp³-hybridized carbons (Fsp3) is 0.611. The second-order valence-electron chi connectivity index (χ2n) is 5.78. The summed E-state index contributed by atoms with van der Waals surface area (Å²) in [6, 6.07) is 3.73. The van der Waals surface area contributed by atoms with Crippen molar-refractivity contribution in [2.45, 2.75) is 25.4 Å². The van der Waals surface area contributed by atoms with Gasteiger partial charge in [0.15, 0.2) is 5.96 Å². The van der Waals surface area contributed by atoms with Gasteiger partial charge >= 0.3 is 0 Å². The zero-order chi connectivity index (χ0) is 18.1. The molecule has 0 radical (unpaired) electrons. The van der Waals surface area contributed by atoms with Gasteiger partial charge in [-0.2, -0.15) is 0 Å². The standard InChI is InChI=1S/C18H29N3O4/c1-19-18(21-12-13-6-5-9-25-13)20-8-7-15-16(23-3)10-14(22-2)11-17(15)24-4/h10-11,13H,5-9,12H2,1-4H3,(H2,19,20,21). The van der Waals surface area contributed by atoms with Gasteiger partial charge < -0.3 is 29.6 Å². The van der Waals surface area contributed by atoms with E-state index in [9.17, 15) is 0 Å². The van der Waals surface area contributed by atoms with E-state index in [0.29, 0.717) is 12.3 Å². The molecule has 1 atom stereocenters. The molecule has 0 aromatic heterocycles. The van der Waals surface area contributed by atoms with Gasteiger partial charge in [0.05, 0.1) is 27.4 Å². The normalized spacial score (nSPS) is 17.3. The lowest BCUT2D eigenvalue weighted by Crippen LogP contribution is -2.41. The number of aliphatic imine (C=N–C) groups is 1. The van der Waals surface area contributed by atoms with E-state index >= 15 is 0 Å². The molecule has 1 aromatic carbocycles. The monoisotopic (exact) mass is 351 g/mol. The van der Waals surface area contributed by atoms with Crippen molar-refractivity contribution in [3.05, 3.63) is 17.7 Å². The smallest absolute Gasteiger partial charge is 0.191 e. The molecule has 0 saturated carbocycles. The van der Waals surface area contributed by atoms with Gasteiger partial charge in [-0.3, -0.25) is 4.99 Å². The highest BCUT2D eigenvalue weighted by molar-refractivity contribution is 5.79. The predicted octanol–water partition coefficient (Wildman–Crippen LogP) is 1.60. The Bertz CT molecular complexity index is 546. The first kappa shape index (κ1) is 19.2. The van der Waals surface area contributed by atoms with Crippen LogP contribution < -0.4 is 24.8 Å². The summed E-state index contributed by atoms with van der Waals surface area (Å²) in [7, 11) is 6.68. The third kappa shape index (κ3) is 5.42. The fourth-order valence-corrected chi connectivity index (χ4v) is 2.87. The number of ether oxygens (including phenoxy) is 4. The summed E-state index contributed by atoms with van der Waals surface area (Å²) >= 11 is 0. The van der Waals surface area contributed by atoms with Crippen LogP contribution >= 0.6 is 0 Å². The summed E-state index contributed by atoms with van der Waals surface area (Å²) in [5.41, 5.74) is 0.993. The summed E-state index contributed by atoms with van der Waals surface area (Å²) in [5.74, 6) is 2.97. The SMILES string of the molecule is CN=C(NCCc1c(OC)cc(OC)cc1OC)NCC1CCCO1. The predicted molar refractivity (Wildman–Crippen MR) is 98.1 cm³/mol. The average Bonchev–Trinajstić information content (AvgIpc) is 3.17. The minimum Gasteiger partial charge on any atom is -0.496 e. The molecule has 1 heterocycles. The molecule has 140 valence electrons. The number of rotatable bonds is 8. The van der Waals surface area contributed by atoms with Crippen molar-refractivity contribution in [1.29, 1.82) is 0 Å². The number of hydrogen-bond acceptors (Lipinski definition) is 5. The molecule has 2 N–H and O–H groups in total. The molecule has 7 nitrogen and oxygen atoms in total. The maximum atomic E-state index is 5.61. The molecule has 0 amide bonds. The van der Waals surface area contributed by atoms with Crippen molar-refractivity contribution in [1.82, 2.24) is 10.6 Å². The van der Waals surface area contributed by atoms with Gasteiger partial charge in [0.1, 0.15) is 17.2 Å². The minimum absolute atomic E-state index is 0.278. The van der Waals surface area contributed by atoms with Crippen molar-refractivity contribution in [3.63, 3.8) is 0 Å². The summed E-state index contributed by atoms with van der Waals surface area (Å²) in [4.78, 5) is 4.25. The van der Waals surface area contributed by atoms with Crippen LogP contribution in [0.3, 0.4) is 0 Å². The van der Waals surface area contributed by atoms with E-state index in [1.54, 1.807) is 28.4 Å². The Morgan fingerprint density at radius 3 is 2.40 bits per heavy atom. The van der Waals surface area contributed by atoms with Crippen LogP contribution in [0.4, 0.5) is 0 Å². The van der Waals surface area contributed by atoms with E-state index in [2.05, 4.69) is 15.6 Å². The first-order valence-corrected chi connectivity index (χ1v) is 8.56. The molecule has 0 aliphatic carbocycles. The largest absolute Gasteiger partial charge is 0.496 e. The highest BCUT2D eigenvalue weighted by Gasteiger charge is 2.16. The number of nitrogens with one attached hydrogen (secondary N) is 2. The second-order valence-corrected chi connectivity index (χ2v) is 5.78. The van der Waals surface area contributed by atoms with Crippen LogP contribution in [0.5, 0.6) is 17.2 Å². The molecule has 1 aliphatic heterocycles. The summed E-state index contributed by atoms with van der Waals surface area (Å²) in [6.45, 7) is 2.33. The summed E-state index contributed by atoms with van der Waals surface area (Å²) < 4.78 is 21.9. The lowest BCUT2D eigenvalue weighted by atomic mass is 10.1. The molecule has 0 bridgehead atoms. The van der Waals surface area contributed by atoms with Crippen LogP contribution in [0.1, 0.15) is 18.4 Å². The maximum absolute atomic E-state index is 5.61. The topological polar surface area (TPSA) is 73.3 Å². The highest BCUT2D eigenvalue weighted by Crippen LogP contribution is 2.34. The van der Waals surface area contributed by atoms with Gasteiger partial charge in [-0.25, -0.2) is 0 Å². The Morgan fingerprint density at radius 1 is 1.16 bits per heavy atom. The first-order valence-electron chi connectivity index (χ1n) is 8.56. The molecule has 1 aliphatic rings. The number of methoxy groups -OCH3 is 3. The van der Waals surface area contributed by atoms with E-state index in [1.165, 1.54) is 0 Å². The molecule has 1 aromatic rings. The van der Waals surface area contributed by atoms with Crippen molar-refractivity contribution in [2.24, 2.45) is 4.99 Å². The van der Waals surface area contributed by atoms with Crippen LogP contribution in [-0.2, 0) is 11.2 Å². The van der Waals surface area contributed by atoms with Crippen molar-refractivity contribution in [2.75, 3.05) is 48.1 Å². The molecule has 1 fully saturated rings. The maximum Gasteiger partial charge on any atom is 0.191 e. The molecular formula is C18H29N3O4. The molecule has 1 unspecified atom stereocenters. The van der Waals surface area contributed by atoms with Crippen molar-refractivity contribution in [3.8, 4) is 17.2 Å². The van der Waals surface area contributed by atoms with Crippen molar-refractivity contribution < 1.29 is 18.9 Å². The van der Waals surface area contributed by atoms with Crippen molar-refractivity contribution >= 4 is 5.96 Å². The third-order valence-electron chi connectivity index (χ3n) is 4.23. The molecule has 7 heteroatoms. The number of guanidine groups is 1. The van der Waals surface area contributed by atoms with E-state index in [4.69, 9.17) is 18.9 Å². The first-order chi connectivity index (χ1) is 12.2. The lowest BCUT2D eigenvalue weighted by Gasteiger charge is -2.17. The fourth-order valence-electron chi connectivity index (χ4n) is 2.87. The molecule has 2 rings (SSSR count). The highest BCUT2D eigenvalue weighted by atomic mass is 16.5. The Morgan fingerprint density at radius 2 is 1.88 bits per heavy atom. The molecule has 1 saturated heterocycles. The Balaban J connectivity index is 1.90. The molecule has 0 spiro atoms. The van der Waals surface area contributed by atoms with Gasteiger partial charge in [0.2, 0.25) is 0 Å². The lowest BCUT2D eigenvalue weighted by molar-refractivity contribution is 0.114. The third-order valence-corrected chi connectivity index (χ3v) is 4.23. The number of hydrogen-bond donors (Lipinski definition) is 2. The Hall–Kier alpha value is -2.15. The Kier molecular flexibility index (Phi) is 7.66. The van der Waals surface area contributed by atoms with Crippen LogP contribution in [-0.4, -0.2) is 60.1 Å². The average molecular weight is 351 g/mol.